The number of nitriles is 1. The van der Waals surface area contributed by atoms with Gasteiger partial charge in [-0.1, -0.05) is 48.0 Å². The number of hydrazine groups is 1. The van der Waals surface area contributed by atoms with E-state index < -0.39 is 11.7 Å². The zero-order valence-corrected chi connectivity index (χ0v) is 18.0. The molecule has 7 heteroatoms. The standard InChI is InChI=1S/C24H22ClFN4O/c1-29(2)30-19-11-15(14-7-4-3-5-8-14)12-20(31)23(19)21(16(13-27)24(30)28)22-17(25)9-6-10-18(22)26/h3-10,15,21H,11-12,28H2,1-2H3. The third-order valence-electron chi connectivity index (χ3n) is 5.90. The van der Waals surface area contributed by atoms with Crippen LogP contribution in [0, 0.1) is 17.1 Å². The summed E-state index contributed by atoms with van der Waals surface area (Å²) >= 11 is 6.36. The number of hydrogen-bond acceptors (Lipinski definition) is 5. The maximum absolute atomic E-state index is 14.9. The molecule has 0 radical (unpaired) electrons. The Bertz CT molecular complexity index is 1130. The summed E-state index contributed by atoms with van der Waals surface area (Å²) in [6.45, 7) is 0. The van der Waals surface area contributed by atoms with Crippen molar-refractivity contribution in [1.29, 1.82) is 5.26 Å². The van der Waals surface area contributed by atoms with Gasteiger partial charge in [-0.2, -0.15) is 5.26 Å². The average Bonchev–Trinajstić information content (AvgIpc) is 2.73. The maximum Gasteiger partial charge on any atom is 0.162 e. The van der Waals surface area contributed by atoms with Gasteiger partial charge in [-0.15, -0.1) is 0 Å². The van der Waals surface area contributed by atoms with Crippen molar-refractivity contribution in [2.24, 2.45) is 5.73 Å². The Hall–Kier alpha value is -3.14. The van der Waals surface area contributed by atoms with Crippen molar-refractivity contribution >= 4 is 17.4 Å². The van der Waals surface area contributed by atoms with E-state index in [-0.39, 0.29) is 40.1 Å². The molecule has 0 saturated carbocycles. The van der Waals surface area contributed by atoms with E-state index in [1.807, 2.05) is 30.3 Å². The fraction of sp³-hybridized carbons (Fsp3) is 0.250. The quantitative estimate of drug-likeness (QED) is 0.769. The number of hydrogen-bond donors (Lipinski definition) is 1. The van der Waals surface area contributed by atoms with Crippen LogP contribution in [0.25, 0.3) is 0 Å². The third-order valence-corrected chi connectivity index (χ3v) is 6.23. The van der Waals surface area contributed by atoms with Gasteiger partial charge in [-0.25, -0.2) is 9.40 Å². The summed E-state index contributed by atoms with van der Waals surface area (Å²) in [5.41, 5.74) is 8.77. The molecule has 0 spiro atoms. The molecule has 158 valence electrons. The van der Waals surface area contributed by atoms with Crippen LogP contribution in [-0.4, -0.2) is 29.9 Å². The normalized spacial score (nSPS) is 21.4. The Kier molecular flexibility index (Phi) is 5.57. The van der Waals surface area contributed by atoms with E-state index in [2.05, 4.69) is 6.07 Å². The molecule has 2 aliphatic rings. The highest BCUT2D eigenvalue weighted by molar-refractivity contribution is 6.31. The molecule has 1 heterocycles. The van der Waals surface area contributed by atoms with Crippen molar-refractivity contribution in [2.75, 3.05) is 14.1 Å². The molecule has 2 aromatic carbocycles. The first-order valence-corrected chi connectivity index (χ1v) is 10.3. The first-order valence-electron chi connectivity index (χ1n) is 9.97. The molecule has 1 aliphatic heterocycles. The van der Waals surface area contributed by atoms with Gasteiger partial charge in [0.25, 0.3) is 0 Å². The minimum atomic E-state index is -0.936. The number of benzene rings is 2. The number of Topliss-reactive ketones (excluding diaryl/α,β-unsaturated/α-hetero) is 1. The molecule has 5 nitrogen and oxygen atoms in total. The lowest BCUT2D eigenvalue weighted by Crippen LogP contribution is -2.46. The van der Waals surface area contributed by atoms with Gasteiger partial charge in [0, 0.05) is 42.4 Å². The lowest BCUT2D eigenvalue weighted by Gasteiger charge is -2.44. The number of rotatable bonds is 3. The molecule has 0 amide bonds. The zero-order chi connectivity index (χ0) is 22.3. The van der Waals surface area contributed by atoms with E-state index in [4.69, 9.17) is 17.3 Å². The van der Waals surface area contributed by atoms with Gasteiger partial charge >= 0.3 is 0 Å². The predicted molar refractivity (Wildman–Crippen MR) is 117 cm³/mol. The lowest BCUT2D eigenvalue weighted by atomic mass is 9.72. The molecule has 31 heavy (non-hydrogen) atoms. The monoisotopic (exact) mass is 436 g/mol. The number of carbonyl (C=O) groups excluding carboxylic acids is 1. The minimum absolute atomic E-state index is 0.0388. The van der Waals surface area contributed by atoms with E-state index in [0.29, 0.717) is 17.7 Å². The second-order valence-electron chi connectivity index (χ2n) is 7.94. The summed E-state index contributed by atoms with van der Waals surface area (Å²) in [6, 6.07) is 16.3. The van der Waals surface area contributed by atoms with E-state index in [1.54, 1.807) is 30.2 Å². The molecule has 2 aromatic rings. The van der Waals surface area contributed by atoms with E-state index in [9.17, 15) is 14.4 Å². The SMILES string of the molecule is CN(C)N1C(N)=C(C#N)C(c2c(F)cccc2Cl)C2=C1CC(c1ccccc1)CC2=O. The summed E-state index contributed by atoms with van der Waals surface area (Å²) in [7, 11) is 3.58. The Labute approximate surface area is 185 Å². The van der Waals surface area contributed by atoms with Crippen molar-refractivity contribution in [1.82, 2.24) is 10.0 Å². The first kappa shape index (κ1) is 21.1. The predicted octanol–water partition coefficient (Wildman–Crippen LogP) is 4.45. The van der Waals surface area contributed by atoms with Gasteiger partial charge < -0.3 is 5.73 Å². The second-order valence-corrected chi connectivity index (χ2v) is 8.34. The number of nitrogens with zero attached hydrogens (tertiary/aromatic N) is 3. The third kappa shape index (κ3) is 3.50. The Balaban J connectivity index is 1.95. The summed E-state index contributed by atoms with van der Waals surface area (Å²) < 4.78 is 14.9. The highest BCUT2D eigenvalue weighted by Crippen LogP contribution is 2.49. The van der Waals surface area contributed by atoms with Crippen LogP contribution in [0.15, 0.2) is 71.2 Å². The molecule has 2 atom stereocenters. The molecule has 1 aliphatic carbocycles. The van der Waals surface area contributed by atoms with Crippen molar-refractivity contribution in [2.45, 2.75) is 24.7 Å². The van der Waals surface area contributed by atoms with Gasteiger partial charge in [0.15, 0.2) is 5.78 Å². The molecular formula is C24H22ClFN4O. The van der Waals surface area contributed by atoms with Crippen molar-refractivity contribution in [3.63, 3.8) is 0 Å². The number of carbonyl (C=O) groups is 1. The molecule has 4 rings (SSSR count). The molecule has 2 N–H and O–H groups in total. The van der Waals surface area contributed by atoms with Crippen LogP contribution in [0.5, 0.6) is 0 Å². The number of ketones is 1. The van der Waals surface area contributed by atoms with Crippen LogP contribution in [-0.2, 0) is 4.79 Å². The summed E-state index contributed by atoms with van der Waals surface area (Å²) in [6.07, 6.45) is 0.802. The van der Waals surface area contributed by atoms with Gasteiger partial charge in [-0.3, -0.25) is 9.80 Å². The highest BCUT2D eigenvalue weighted by atomic mass is 35.5. The average molecular weight is 437 g/mol. The lowest BCUT2D eigenvalue weighted by molar-refractivity contribution is -0.117. The molecular weight excluding hydrogens is 415 g/mol. The van der Waals surface area contributed by atoms with Crippen LogP contribution in [0.2, 0.25) is 5.02 Å². The topological polar surface area (TPSA) is 73.4 Å². The fourth-order valence-corrected chi connectivity index (χ4v) is 4.88. The van der Waals surface area contributed by atoms with E-state index in [1.165, 1.54) is 12.1 Å². The smallest absolute Gasteiger partial charge is 0.162 e. The van der Waals surface area contributed by atoms with Gasteiger partial charge in [0.2, 0.25) is 0 Å². The summed E-state index contributed by atoms with van der Waals surface area (Å²) in [4.78, 5) is 13.5. The van der Waals surface area contributed by atoms with Crippen LogP contribution in [0.4, 0.5) is 4.39 Å². The van der Waals surface area contributed by atoms with Crippen LogP contribution < -0.4 is 5.73 Å². The number of nitrogens with two attached hydrogens (primary N) is 1. The Morgan fingerprint density at radius 3 is 2.48 bits per heavy atom. The molecule has 2 unspecified atom stereocenters. The highest BCUT2D eigenvalue weighted by Gasteiger charge is 2.44. The zero-order valence-electron chi connectivity index (χ0n) is 17.3. The van der Waals surface area contributed by atoms with Gasteiger partial charge in [0.05, 0.1) is 17.6 Å². The fourth-order valence-electron chi connectivity index (χ4n) is 4.60. The summed E-state index contributed by atoms with van der Waals surface area (Å²) in [5.74, 6) is -1.50. The first-order chi connectivity index (χ1) is 14.8. The van der Waals surface area contributed by atoms with E-state index >= 15 is 0 Å². The molecule has 0 fully saturated rings. The molecule has 0 saturated heterocycles. The van der Waals surface area contributed by atoms with Crippen LogP contribution >= 0.6 is 11.6 Å². The Morgan fingerprint density at radius 2 is 1.87 bits per heavy atom. The number of halogens is 2. The van der Waals surface area contributed by atoms with Crippen molar-refractivity contribution in [3.8, 4) is 6.07 Å². The van der Waals surface area contributed by atoms with Gasteiger partial charge in [-0.05, 0) is 30.0 Å². The van der Waals surface area contributed by atoms with E-state index in [0.717, 1.165) is 5.56 Å². The van der Waals surface area contributed by atoms with Crippen molar-refractivity contribution < 1.29 is 9.18 Å². The molecule has 0 bridgehead atoms. The molecule has 0 aromatic heterocycles. The van der Waals surface area contributed by atoms with Crippen molar-refractivity contribution in [3.05, 3.63) is 93.2 Å². The van der Waals surface area contributed by atoms with Gasteiger partial charge in [0.1, 0.15) is 11.6 Å². The van der Waals surface area contributed by atoms with Crippen LogP contribution in [0.1, 0.15) is 35.8 Å². The minimum Gasteiger partial charge on any atom is -0.383 e. The second kappa shape index (κ2) is 8.18. The van der Waals surface area contributed by atoms with Crippen LogP contribution in [0.3, 0.4) is 0 Å². The maximum atomic E-state index is 14.9. The summed E-state index contributed by atoms with van der Waals surface area (Å²) in [5, 5.41) is 13.5. The number of allylic oxidation sites excluding steroid dienone is 3. The Morgan fingerprint density at radius 1 is 1.16 bits per heavy atom. The largest absolute Gasteiger partial charge is 0.383 e.